The monoisotopic (exact) mass is 296 g/mol. The van der Waals surface area contributed by atoms with Crippen LogP contribution in [0.25, 0.3) is 0 Å². The minimum absolute atomic E-state index is 0.598. The van der Waals surface area contributed by atoms with Gasteiger partial charge in [0, 0.05) is 6.08 Å². The SMILES string of the molecule is CC(/C=C/CC(C)CCCC(C)C)=C\C(=O)OCC(=O)O. The van der Waals surface area contributed by atoms with E-state index in [1.807, 2.05) is 6.08 Å². The van der Waals surface area contributed by atoms with Crippen molar-refractivity contribution in [3.05, 3.63) is 23.8 Å². The lowest BCUT2D eigenvalue weighted by Crippen LogP contribution is -2.11. The predicted octanol–water partition coefficient (Wildman–Crippen LogP) is 3.97. The molecule has 0 aromatic heterocycles. The summed E-state index contributed by atoms with van der Waals surface area (Å²) in [6.07, 6.45) is 9.95. The molecule has 0 heterocycles. The van der Waals surface area contributed by atoms with E-state index in [2.05, 4.69) is 31.6 Å². The number of rotatable bonds is 10. The molecule has 0 bridgehead atoms. The molecule has 0 aliphatic carbocycles. The fourth-order valence-corrected chi connectivity index (χ4v) is 1.89. The van der Waals surface area contributed by atoms with Gasteiger partial charge in [-0.1, -0.05) is 52.2 Å². The Morgan fingerprint density at radius 2 is 1.86 bits per heavy atom. The number of ether oxygens (including phenoxy) is 1. The summed E-state index contributed by atoms with van der Waals surface area (Å²) in [5, 5.41) is 8.39. The van der Waals surface area contributed by atoms with E-state index in [-0.39, 0.29) is 0 Å². The molecule has 0 amide bonds. The number of allylic oxidation sites excluding steroid dienone is 3. The first-order valence-electron chi connectivity index (χ1n) is 7.54. The molecule has 4 heteroatoms. The van der Waals surface area contributed by atoms with Crippen LogP contribution in [0, 0.1) is 11.8 Å². The van der Waals surface area contributed by atoms with Gasteiger partial charge >= 0.3 is 11.9 Å². The van der Waals surface area contributed by atoms with Crippen LogP contribution in [-0.4, -0.2) is 23.7 Å². The van der Waals surface area contributed by atoms with Crippen LogP contribution in [0.3, 0.4) is 0 Å². The zero-order chi connectivity index (χ0) is 16.3. The molecular weight excluding hydrogens is 268 g/mol. The lowest BCUT2D eigenvalue weighted by molar-refractivity contribution is -0.151. The number of esters is 1. The van der Waals surface area contributed by atoms with Gasteiger partial charge in [0.2, 0.25) is 0 Å². The maximum Gasteiger partial charge on any atom is 0.341 e. The zero-order valence-electron chi connectivity index (χ0n) is 13.6. The van der Waals surface area contributed by atoms with Crippen molar-refractivity contribution in [3.8, 4) is 0 Å². The molecule has 0 spiro atoms. The molecule has 1 unspecified atom stereocenters. The van der Waals surface area contributed by atoms with Crippen LogP contribution in [0.5, 0.6) is 0 Å². The standard InChI is InChI=1S/C17H28O4/c1-13(2)7-5-8-14(3)9-6-10-15(4)11-17(20)21-12-16(18)19/h6,10-11,13-14H,5,7-9,12H2,1-4H3,(H,18,19)/b10-6+,15-11+. The molecule has 0 aromatic carbocycles. The zero-order valence-corrected chi connectivity index (χ0v) is 13.6. The van der Waals surface area contributed by atoms with E-state index in [1.165, 1.54) is 25.3 Å². The van der Waals surface area contributed by atoms with Crippen LogP contribution in [0.4, 0.5) is 0 Å². The van der Waals surface area contributed by atoms with E-state index in [0.717, 1.165) is 17.9 Å². The highest BCUT2D eigenvalue weighted by molar-refractivity contribution is 5.85. The summed E-state index contributed by atoms with van der Waals surface area (Å²) in [6.45, 7) is 7.90. The summed E-state index contributed by atoms with van der Waals surface area (Å²) in [7, 11) is 0. The smallest absolute Gasteiger partial charge is 0.341 e. The van der Waals surface area contributed by atoms with E-state index in [0.29, 0.717) is 5.92 Å². The Bertz CT molecular complexity index is 380. The molecule has 0 aromatic rings. The number of carbonyl (C=O) groups excluding carboxylic acids is 1. The van der Waals surface area contributed by atoms with Crippen LogP contribution in [0.1, 0.15) is 53.4 Å². The number of hydrogen-bond donors (Lipinski definition) is 1. The maximum absolute atomic E-state index is 11.3. The van der Waals surface area contributed by atoms with Gasteiger partial charge in [-0.2, -0.15) is 0 Å². The van der Waals surface area contributed by atoms with Crippen LogP contribution in [-0.2, 0) is 14.3 Å². The van der Waals surface area contributed by atoms with Gasteiger partial charge in [0.15, 0.2) is 6.61 Å². The number of carboxylic acid groups (broad SMARTS) is 1. The van der Waals surface area contributed by atoms with Crippen molar-refractivity contribution in [1.29, 1.82) is 0 Å². The van der Waals surface area contributed by atoms with Crippen molar-refractivity contribution in [2.24, 2.45) is 11.8 Å². The normalized spacial score (nSPS) is 13.7. The third-order valence-electron chi connectivity index (χ3n) is 3.08. The molecule has 0 aliphatic heterocycles. The summed E-state index contributed by atoms with van der Waals surface area (Å²) in [4.78, 5) is 21.5. The molecule has 120 valence electrons. The third kappa shape index (κ3) is 13.2. The molecular formula is C17H28O4. The molecule has 1 N–H and O–H groups in total. The van der Waals surface area contributed by atoms with Gasteiger partial charge in [0.1, 0.15) is 0 Å². The van der Waals surface area contributed by atoms with Gasteiger partial charge < -0.3 is 9.84 Å². The predicted molar refractivity (Wildman–Crippen MR) is 84.0 cm³/mol. The van der Waals surface area contributed by atoms with Gasteiger partial charge in [-0.15, -0.1) is 0 Å². The van der Waals surface area contributed by atoms with Gasteiger partial charge in [-0.25, -0.2) is 9.59 Å². The molecule has 0 aliphatic rings. The number of carbonyl (C=O) groups is 2. The number of hydrogen-bond acceptors (Lipinski definition) is 3. The number of carboxylic acids is 1. The first-order chi connectivity index (χ1) is 9.81. The topological polar surface area (TPSA) is 63.6 Å². The Balaban J connectivity index is 3.99. The van der Waals surface area contributed by atoms with E-state index < -0.39 is 18.5 Å². The quantitative estimate of drug-likeness (QED) is 0.376. The maximum atomic E-state index is 11.3. The van der Waals surface area contributed by atoms with Gasteiger partial charge in [-0.3, -0.25) is 0 Å². The molecule has 4 nitrogen and oxygen atoms in total. The average Bonchev–Trinajstić information content (AvgIpc) is 2.35. The summed E-state index contributed by atoms with van der Waals surface area (Å²) in [6, 6.07) is 0. The number of aliphatic carboxylic acids is 1. The minimum Gasteiger partial charge on any atom is -0.479 e. The molecule has 1 atom stereocenters. The van der Waals surface area contributed by atoms with Crippen molar-refractivity contribution in [2.75, 3.05) is 6.61 Å². The highest BCUT2D eigenvalue weighted by Crippen LogP contribution is 2.15. The van der Waals surface area contributed by atoms with Crippen molar-refractivity contribution in [2.45, 2.75) is 53.4 Å². The lowest BCUT2D eigenvalue weighted by Gasteiger charge is -2.09. The van der Waals surface area contributed by atoms with Gasteiger partial charge in [-0.05, 0) is 30.8 Å². The van der Waals surface area contributed by atoms with E-state index in [9.17, 15) is 9.59 Å². The second kappa shape index (κ2) is 11.1. The lowest BCUT2D eigenvalue weighted by atomic mass is 9.97. The Morgan fingerprint density at radius 3 is 2.43 bits per heavy atom. The Hall–Kier alpha value is -1.58. The third-order valence-corrected chi connectivity index (χ3v) is 3.08. The Kier molecular flexibility index (Phi) is 10.3. The minimum atomic E-state index is -1.15. The van der Waals surface area contributed by atoms with Crippen molar-refractivity contribution < 1.29 is 19.4 Å². The second-order valence-corrected chi connectivity index (χ2v) is 5.96. The average molecular weight is 296 g/mol. The van der Waals surface area contributed by atoms with Gasteiger partial charge in [0.25, 0.3) is 0 Å². The van der Waals surface area contributed by atoms with Crippen molar-refractivity contribution in [1.82, 2.24) is 0 Å². The fourth-order valence-electron chi connectivity index (χ4n) is 1.89. The highest BCUT2D eigenvalue weighted by Gasteiger charge is 2.03. The molecule has 0 saturated carbocycles. The first kappa shape index (κ1) is 19.4. The molecule has 0 radical (unpaired) electrons. The van der Waals surface area contributed by atoms with Crippen molar-refractivity contribution in [3.63, 3.8) is 0 Å². The van der Waals surface area contributed by atoms with Crippen molar-refractivity contribution >= 4 is 11.9 Å². The van der Waals surface area contributed by atoms with E-state index in [1.54, 1.807) is 6.92 Å². The van der Waals surface area contributed by atoms with Gasteiger partial charge in [0.05, 0.1) is 0 Å². The Morgan fingerprint density at radius 1 is 1.19 bits per heavy atom. The van der Waals surface area contributed by atoms with E-state index in [4.69, 9.17) is 5.11 Å². The highest BCUT2D eigenvalue weighted by atomic mass is 16.5. The molecule has 0 rings (SSSR count). The fraction of sp³-hybridized carbons (Fsp3) is 0.647. The summed E-state index contributed by atoms with van der Waals surface area (Å²) in [5.41, 5.74) is 0.764. The van der Waals surface area contributed by atoms with Crippen LogP contribution in [0.15, 0.2) is 23.8 Å². The molecule has 21 heavy (non-hydrogen) atoms. The van der Waals surface area contributed by atoms with Crippen LogP contribution in [0.2, 0.25) is 0 Å². The molecule has 0 fully saturated rings. The van der Waals surface area contributed by atoms with E-state index >= 15 is 0 Å². The summed E-state index contributed by atoms with van der Waals surface area (Å²) < 4.78 is 4.53. The van der Waals surface area contributed by atoms with Crippen LogP contribution < -0.4 is 0 Å². The van der Waals surface area contributed by atoms with Crippen LogP contribution >= 0.6 is 0 Å². The second-order valence-electron chi connectivity index (χ2n) is 5.96. The first-order valence-corrected chi connectivity index (χ1v) is 7.54. The molecule has 0 saturated heterocycles. The Labute approximate surface area is 127 Å². The summed E-state index contributed by atoms with van der Waals surface area (Å²) >= 11 is 0. The summed E-state index contributed by atoms with van der Waals surface area (Å²) in [5.74, 6) is -0.383. The largest absolute Gasteiger partial charge is 0.479 e.